The summed E-state index contributed by atoms with van der Waals surface area (Å²) in [4.78, 5) is 46.4. The van der Waals surface area contributed by atoms with E-state index in [-0.39, 0.29) is 41.6 Å². The van der Waals surface area contributed by atoms with Gasteiger partial charge in [-0.3, -0.25) is 20.3 Å². The lowest BCUT2D eigenvalue weighted by Crippen LogP contribution is -2.31. The number of aromatic nitrogens is 3. The molecule has 6 rings (SSSR count). The smallest absolute Gasteiger partial charge is 0.335 e. The topological polar surface area (TPSA) is 180 Å². The minimum absolute atomic E-state index is 0.0657. The molecule has 1 aliphatic heterocycles. The summed E-state index contributed by atoms with van der Waals surface area (Å²) in [6.07, 6.45) is 2.04. The Kier molecular flexibility index (Phi) is 6.74. The number of amidine groups is 1. The van der Waals surface area contributed by atoms with E-state index < -0.39 is 29.6 Å². The number of amides is 2. The molecule has 0 spiro atoms. The van der Waals surface area contributed by atoms with E-state index in [2.05, 4.69) is 25.7 Å². The van der Waals surface area contributed by atoms with Crippen LogP contribution in [-0.4, -0.2) is 55.1 Å². The fourth-order valence-corrected chi connectivity index (χ4v) is 5.24. The second kappa shape index (κ2) is 10.6. The van der Waals surface area contributed by atoms with Crippen LogP contribution in [0.2, 0.25) is 0 Å². The van der Waals surface area contributed by atoms with E-state index in [1.54, 1.807) is 31.2 Å². The number of carboxylic acids is 1. The van der Waals surface area contributed by atoms with E-state index in [9.17, 15) is 23.9 Å². The molecule has 2 aromatic heterocycles. The predicted molar refractivity (Wildman–Crippen MR) is 145 cm³/mol. The van der Waals surface area contributed by atoms with Gasteiger partial charge in [0.1, 0.15) is 29.4 Å². The first-order valence-electron chi connectivity index (χ1n) is 13.0. The van der Waals surface area contributed by atoms with E-state index >= 15 is 0 Å². The van der Waals surface area contributed by atoms with Gasteiger partial charge in [0.25, 0.3) is 11.8 Å². The molecule has 14 heteroatoms. The molecule has 4 aromatic rings. The highest BCUT2D eigenvalue weighted by molar-refractivity contribution is 5.98. The van der Waals surface area contributed by atoms with Crippen LogP contribution in [0.4, 0.5) is 10.1 Å². The first kappa shape index (κ1) is 26.8. The molecule has 1 atom stereocenters. The SMILES string of the molecule is Cc1c(C(=O)O)ccc2c1CC[C@@H]2NC(=O)c1cc(C(=O)NCc2ccc3c(c2)N=C(NO)CO3)nc2c(F)cnn12. The number of rotatable bonds is 6. The van der Waals surface area contributed by atoms with Gasteiger partial charge in [-0.2, -0.15) is 5.10 Å². The number of aromatic carboxylic acids is 1. The zero-order chi connectivity index (χ0) is 29.5. The molecular formula is C28H24FN7O6. The lowest BCUT2D eigenvalue weighted by Gasteiger charge is -2.17. The van der Waals surface area contributed by atoms with Gasteiger partial charge in [-0.1, -0.05) is 12.1 Å². The normalized spacial score (nSPS) is 15.3. The number of benzene rings is 2. The number of hydrogen-bond acceptors (Lipinski definition) is 9. The van der Waals surface area contributed by atoms with E-state index in [1.165, 1.54) is 12.1 Å². The average Bonchev–Trinajstić information content (AvgIpc) is 3.58. The highest BCUT2D eigenvalue weighted by atomic mass is 19.1. The van der Waals surface area contributed by atoms with Crippen LogP contribution >= 0.6 is 0 Å². The average molecular weight is 574 g/mol. The summed E-state index contributed by atoms with van der Waals surface area (Å²) in [5.41, 5.74) is 5.07. The van der Waals surface area contributed by atoms with Gasteiger partial charge in [0, 0.05) is 12.6 Å². The van der Waals surface area contributed by atoms with Crippen molar-refractivity contribution in [3.63, 3.8) is 0 Å². The minimum Gasteiger partial charge on any atom is -0.483 e. The van der Waals surface area contributed by atoms with Gasteiger partial charge >= 0.3 is 5.97 Å². The Morgan fingerprint density at radius 2 is 2.00 bits per heavy atom. The van der Waals surface area contributed by atoms with Crippen LogP contribution in [0.5, 0.6) is 5.75 Å². The third-order valence-corrected chi connectivity index (χ3v) is 7.35. The van der Waals surface area contributed by atoms with E-state index in [1.807, 2.05) is 5.48 Å². The molecule has 0 unspecified atom stereocenters. The third-order valence-electron chi connectivity index (χ3n) is 7.35. The van der Waals surface area contributed by atoms with Crippen molar-refractivity contribution >= 4 is 35.0 Å². The number of carbonyl (C=O) groups excluding carboxylic acids is 2. The lowest BCUT2D eigenvalue weighted by atomic mass is 9.98. The van der Waals surface area contributed by atoms with Gasteiger partial charge in [0.15, 0.2) is 17.3 Å². The van der Waals surface area contributed by atoms with Gasteiger partial charge in [0.2, 0.25) is 0 Å². The second-order valence-corrected chi connectivity index (χ2v) is 9.87. The molecule has 3 heterocycles. The van der Waals surface area contributed by atoms with Crippen LogP contribution in [-0.2, 0) is 13.0 Å². The van der Waals surface area contributed by atoms with Crippen LogP contribution in [0.15, 0.2) is 47.6 Å². The third kappa shape index (κ3) is 4.77. The van der Waals surface area contributed by atoms with Crippen molar-refractivity contribution in [3.8, 4) is 5.75 Å². The van der Waals surface area contributed by atoms with Crippen LogP contribution in [0.1, 0.15) is 66.1 Å². The second-order valence-electron chi connectivity index (χ2n) is 9.87. The Labute approximate surface area is 237 Å². The van der Waals surface area contributed by atoms with Crippen molar-refractivity contribution in [2.75, 3.05) is 6.61 Å². The first-order valence-corrected chi connectivity index (χ1v) is 13.0. The monoisotopic (exact) mass is 573 g/mol. The molecule has 0 radical (unpaired) electrons. The number of aliphatic imine (C=N–C) groups is 1. The standard InChI is InChI=1S/C28H24FN7O6/c1-13-15-5-6-19(17(15)4-3-16(13)28(39)40)34-27(38)22-9-21(33-25-18(29)11-31-36(22)25)26(37)30-10-14-2-7-23-20(8-14)32-24(35-41)12-42-23/h2-4,7-9,11,19,41H,5-6,10,12H2,1H3,(H,30,37)(H,32,35)(H,34,38)(H,39,40)/t19-/m0/s1. The van der Waals surface area contributed by atoms with Crippen molar-refractivity contribution < 1.29 is 33.8 Å². The van der Waals surface area contributed by atoms with Gasteiger partial charge in [-0.15, -0.1) is 0 Å². The molecular weight excluding hydrogens is 549 g/mol. The minimum atomic E-state index is -1.02. The number of nitrogens with zero attached hydrogens (tertiary/aromatic N) is 4. The quantitative estimate of drug-likeness (QED) is 0.217. The molecule has 42 heavy (non-hydrogen) atoms. The first-order chi connectivity index (χ1) is 20.2. The van der Waals surface area contributed by atoms with Gasteiger partial charge < -0.3 is 20.5 Å². The summed E-state index contributed by atoms with van der Waals surface area (Å²) in [6.45, 7) is 1.90. The number of carbonyl (C=O) groups is 3. The fraction of sp³-hybridized carbons (Fsp3) is 0.214. The Bertz CT molecular complexity index is 1820. The molecule has 5 N–H and O–H groups in total. The molecule has 0 bridgehead atoms. The number of nitrogens with one attached hydrogen (secondary N) is 3. The number of hydroxylamine groups is 1. The molecule has 2 amide bonds. The van der Waals surface area contributed by atoms with Crippen molar-refractivity contribution in [2.24, 2.45) is 4.99 Å². The Hall–Kier alpha value is -5.37. The molecule has 2 aromatic carbocycles. The van der Waals surface area contributed by atoms with Crippen molar-refractivity contribution in [2.45, 2.75) is 32.4 Å². The molecule has 0 saturated heterocycles. The van der Waals surface area contributed by atoms with E-state index in [0.29, 0.717) is 35.4 Å². The van der Waals surface area contributed by atoms with Crippen LogP contribution < -0.4 is 20.9 Å². The predicted octanol–water partition coefficient (Wildman–Crippen LogP) is 2.62. The van der Waals surface area contributed by atoms with E-state index in [4.69, 9.17) is 9.94 Å². The van der Waals surface area contributed by atoms with Gasteiger partial charge in [0.05, 0.1) is 17.8 Å². The molecule has 2 aliphatic rings. The number of halogens is 1. The number of hydrogen-bond donors (Lipinski definition) is 5. The summed E-state index contributed by atoms with van der Waals surface area (Å²) in [6, 6.07) is 9.14. The van der Waals surface area contributed by atoms with Crippen LogP contribution in [0.3, 0.4) is 0 Å². The van der Waals surface area contributed by atoms with Crippen LogP contribution in [0, 0.1) is 12.7 Å². The molecule has 0 fully saturated rings. The summed E-state index contributed by atoms with van der Waals surface area (Å²) in [7, 11) is 0. The fourth-order valence-electron chi connectivity index (χ4n) is 5.24. The van der Waals surface area contributed by atoms with Gasteiger partial charge in [-0.05, 0) is 60.2 Å². The highest BCUT2D eigenvalue weighted by Crippen LogP contribution is 2.35. The maximum Gasteiger partial charge on any atom is 0.335 e. The van der Waals surface area contributed by atoms with E-state index in [0.717, 1.165) is 21.8 Å². The highest BCUT2D eigenvalue weighted by Gasteiger charge is 2.29. The van der Waals surface area contributed by atoms with Crippen molar-refractivity contribution in [3.05, 3.63) is 87.6 Å². The Morgan fingerprint density at radius 3 is 2.79 bits per heavy atom. The zero-order valence-electron chi connectivity index (χ0n) is 22.1. The molecule has 0 saturated carbocycles. The maximum atomic E-state index is 14.6. The van der Waals surface area contributed by atoms with Crippen LogP contribution in [0.25, 0.3) is 5.65 Å². The molecule has 13 nitrogen and oxygen atoms in total. The van der Waals surface area contributed by atoms with Crippen molar-refractivity contribution in [1.82, 2.24) is 30.7 Å². The Morgan fingerprint density at radius 1 is 1.17 bits per heavy atom. The summed E-state index contributed by atoms with van der Waals surface area (Å²) >= 11 is 0. The molecule has 1 aliphatic carbocycles. The van der Waals surface area contributed by atoms with Crippen molar-refractivity contribution in [1.29, 1.82) is 0 Å². The number of carboxylic acid groups (broad SMARTS) is 1. The lowest BCUT2D eigenvalue weighted by molar-refractivity contribution is 0.0695. The summed E-state index contributed by atoms with van der Waals surface area (Å²) in [5.74, 6) is -2.32. The number of fused-ring (bicyclic) bond motifs is 3. The summed E-state index contributed by atoms with van der Waals surface area (Å²) in [5, 5.41) is 28.1. The summed E-state index contributed by atoms with van der Waals surface area (Å²) < 4.78 is 21.1. The van der Waals surface area contributed by atoms with Gasteiger partial charge in [-0.25, -0.2) is 23.7 Å². The largest absolute Gasteiger partial charge is 0.483 e. The molecule has 214 valence electrons. The maximum absolute atomic E-state index is 14.6. The zero-order valence-corrected chi connectivity index (χ0v) is 22.1. The Balaban J connectivity index is 1.23. The number of ether oxygens (including phenoxy) is 1.